The second-order valence-corrected chi connectivity index (χ2v) is 3.27. The zero-order valence-electron chi connectivity index (χ0n) is 8.43. The Balaban J connectivity index is 0.000000980. The van der Waals surface area contributed by atoms with Crippen LogP contribution in [0.25, 0.3) is 10.8 Å². The monoisotopic (exact) mass is 246 g/mol. The van der Waals surface area contributed by atoms with Crippen LogP contribution in [0.2, 0.25) is 0 Å². The Morgan fingerprint density at radius 3 is 2.00 bits per heavy atom. The molecule has 0 radical (unpaired) electrons. The van der Waals surface area contributed by atoms with Gasteiger partial charge in [-0.3, -0.25) is 0 Å². The highest BCUT2D eigenvalue weighted by Gasteiger charge is 1.95. The molecule has 0 saturated heterocycles. The number of aromatic nitrogens is 1. The number of fused-ring (bicyclic) bond motifs is 1. The van der Waals surface area contributed by atoms with E-state index in [4.69, 9.17) is 5.73 Å². The fraction of sp³-hybridized carbons (Fsp3) is 0.273. The van der Waals surface area contributed by atoms with Gasteiger partial charge in [0.05, 0.1) is 0 Å². The van der Waals surface area contributed by atoms with E-state index in [1.807, 2.05) is 0 Å². The van der Waals surface area contributed by atoms with Crippen molar-refractivity contribution in [3.05, 3.63) is 36.7 Å². The molecule has 0 bridgehead atoms. The summed E-state index contributed by atoms with van der Waals surface area (Å²) in [6.07, 6.45) is 5.39. The van der Waals surface area contributed by atoms with Gasteiger partial charge in [0.15, 0.2) is 0 Å². The molecule has 0 amide bonds. The number of halogens is 2. The third-order valence-electron chi connectivity index (χ3n) is 2.23. The van der Waals surface area contributed by atoms with Gasteiger partial charge in [-0.2, -0.15) is 0 Å². The first kappa shape index (κ1) is 14.3. The van der Waals surface area contributed by atoms with E-state index in [0.717, 1.165) is 19.5 Å². The average molecular weight is 247 g/mol. The topological polar surface area (TPSA) is 30.9 Å². The van der Waals surface area contributed by atoms with Crippen molar-refractivity contribution in [2.45, 2.75) is 13.0 Å². The number of nitrogens with zero attached hydrogens (tertiary/aromatic N) is 1. The number of nitrogens with two attached hydrogens (primary N) is 1. The highest BCUT2D eigenvalue weighted by molar-refractivity contribution is 5.85. The number of hydrogen-bond donors (Lipinski definition) is 1. The molecule has 84 valence electrons. The number of aryl methyl sites for hydroxylation is 1. The lowest BCUT2D eigenvalue weighted by Crippen LogP contribution is -2.03. The zero-order valence-corrected chi connectivity index (χ0v) is 10.1. The van der Waals surface area contributed by atoms with Crippen molar-refractivity contribution in [3.8, 4) is 0 Å². The van der Waals surface area contributed by atoms with Crippen LogP contribution in [0, 0.1) is 0 Å². The molecule has 2 nitrogen and oxygen atoms in total. The second-order valence-electron chi connectivity index (χ2n) is 3.27. The van der Waals surface area contributed by atoms with E-state index in [-0.39, 0.29) is 24.8 Å². The van der Waals surface area contributed by atoms with Gasteiger partial charge in [-0.25, -0.2) is 0 Å². The van der Waals surface area contributed by atoms with Gasteiger partial charge in [-0.15, -0.1) is 24.8 Å². The number of rotatable bonds is 3. The molecule has 0 fully saturated rings. The average Bonchev–Trinajstić information content (AvgIpc) is 2.57. The molecular formula is C11H16Cl2N2. The second kappa shape index (κ2) is 6.72. The summed E-state index contributed by atoms with van der Waals surface area (Å²) in [5.74, 6) is 0. The zero-order chi connectivity index (χ0) is 9.10. The van der Waals surface area contributed by atoms with E-state index < -0.39 is 0 Å². The maximum absolute atomic E-state index is 5.46. The fourth-order valence-corrected chi connectivity index (χ4v) is 1.54. The van der Waals surface area contributed by atoms with Gasteiger partial charge in [-0.05, 0) is 23.7 Å². The van der Waals surface area contributed by atoms with E-state index >= 15 is 0 Å². The Morgan fingerprint density at radius 1 is 1.00 bits per heavy atom. The summed E-state index contributed by atoms with van der Waals surface area (Å²) < 4.78 is 2.21. The van der Waals surface area contributed by atoms with Crippen molar-refractivity contribution < 1.29 is 0 Å². The minimum absolute atomic E-state index is 0. The van der Waals surface area contributed by atoms with Gasteiger partial charge in [0.2, 0.25) is 0 Å². The van der Waals surface area contributed by atoms with Gasteiger partial charge in [0.1, 0.15) is 0 Å². The first-order valence-electron chi connectivity index (χ1n) is 4.65. The number of benzene rings is 1. The molecule has 2 rings (SSSR count). The lowest BCUT2D eigenvalue weighted by molar-refractivity contribution is 0.656. The number of hydrogen-bond acceptors (Lipinski definition) is 1. The van der Waals surface area contributed by atoms with Crippen LogP contribution in [-0.4, -0.2) is 11.1 Å². The third kappa shape index (κ3) is 3.42. The molecule has 1 aromatic carbocycles. The van der Waals surface area contributed by atoms with Crippen LogP contribution in [-0.2, 0) is 6.54 Å². The van der Waals surface area contributed by atoms with E-state index in [2.05, 4.69) is 41.2 Å². The summed E-state index contributed by atoms with van der Waals surface area (Å²) in [7, 11) is 0. The first-order chi connectivity index (χ1) is 6.40. The van der Waals surface area contributed by atoms with Gasteiger partial charge >= 0.3 is 0 Å². The molecule has 4 heteroatoms. The predicted molar refractivity (Wildman–Crippen MR) is 70.1 cm³/mol. The standard InChI is InChI=1S/C11H14N2.2ClH/c12-6-3-7-13-8-10-4-1-2-5-11(10)9-13;;/h1-2,4-5,8-9H,3,6-7,12H2;2*1H. The quantitative estimate of drug-likeness (QED) is 0.888. The third-order valence-corrected chi connectivity index (χ3v) is 2.23. The Labute approximate surface area is 102 Å². The van der Waals surface area contributed by atoms with E-state index in [1.165, 1.54) is 10.8 Å². The highest BCUT2D eigenvalue weighted by atomic mass is 35.5. The molecule has 0 aliphatic carbocycles. The minimum atomic E-state index is 0. The Hall–Kier alpha value is -0.700. The van der Waals surface area contributed by atoms with Crippen molar-refractivity contribution in [2.75, 3.05) is 6.54 Å². The highest BCUT2D eigenvalue weighted by Crippen LogP contribution is 2.14. The van der Waals surface area contributed by atoms with Crippen LogP contribution < -0.4 is 5.73 Å². The molecule has 0 aliphatic heterocycles. The lowest BCUT2D eigenvalue weighted by Gasteiger charge is -1.98. The fourth-order valence-electron chi connectivity index (χ4n) is 1.54. The van der Waals surface area contributed by atoms with Crippen molar-refractivity contribution in [1.29, 1.82) is 0 Å². The molecule has 0 saturated carbocycles. The van der Waals surface area contributed by atoms with E-state index in [9.17, 15) is 0 Å². The maximum atomic E-state index is 5.46. The van der Waals surface area contributed by atoms with Crippen LogP contribution in [0.15, 0.2) is 36.7 Å². The molecule has 0 spiro atoms. The normalized spacial score (nSPS) is 9.40. The molecule has 15 heavy (non-hydrogen) atoms. The molecule has 1 heterocycles. The Morgan fingerprint density at radius 2 is 1.53 bits per heavy atom. The Bertz CT molecular complexity index is 365. The Kier molecular flexibility index (Phi) is 6.41. The molecule has 0 aliphatic rings. The summed E-state index contributed by atoms with van der Waals surface area (Å²) in [6.45, 7) is 1.78. The van der Waals surface area contributed by atoms with Gasteiger partial charge in [-0.1, -0.05) is 24.3 Å². The maximum Gasteiger partial charge on any atom is 0.0232 e. The molecule has 2 aromatic rings. The van der Waals surface area contributed by atoms with Crippen molar-refractivity contribution in [3.63, 3.8) is 0 Å². The van der Waals surface area contributed by atoms with Crippen LogP contribution in [0.5, 0.6) is 0 Å². The van der Waals surface area contributed by atoms with Gasteiger partial charge in [0, 0.05) is 18.9 Å². The van der Waals surface area contributed by atoms with Crippen LogP contribution in [0.3, 0.4) is 0 Å². The van der Waals surface area contributed by atoms with Crippen molar-refractivity contribution in [2.24, 2.45) is 5.73 Å². The molecular weight excluding hydrogens is 231 g/mol. The predicted octanol–water partition coefficient (Wildman–Crippen LogP) is 2.83. The van der Waals surface area contributed by atoms with Crippen molar-refractivity contribution in [1.82, 2.24) is 4.57 Å². The largest absolute Gasteiger partial charge is 0.353 e. The van der Waals surface area contributed by atoms with Gasteiger partial charge in [0.25, 0.3) is 0 Å². The summed E-state index contributed by atoms with van der Waals surface area (Å²) >= 11 is 0. The SMILES string of the molecule is Cl.Cl.NCCCn1cc2ccccc2c1. The first-order valence-corrected chi connectivity index (χ1v) is 4.65. The van der Waals surface area contributed by atoms with E-state index in [1.54, 1.807) is 0 Å². The van der Waals surface area contributed by atoms with Gasteiger partial charge < -0.3 is 10.3 Å². The summed E-state index contributed by atoms with van der Waals surface area (Å²) in [4.78, 5) is 0. The summed E-state index contributed by atoms with van der Waals surface area (Å²) in [5, 5.41) is 2.61. The summed E-state index contributed by atoms with van der Waals surface area (Å²) in [5.41, 5.74) is 5.46. The molecule has 1 aromatic heterocycles. The summed E-state index contributed by atoms with van der Waals surface area (Å²) in [6, 6.07) is 8.40. The molecule has 0 atom stereocenters. The lowest BCUT2D eigenvalue weighted by atomic mass is 10.2. The van der Waals surface area contributed by atoms with Crippen LogP contribution in [0.1, 0.15) is 6.42 Å². The van der Waals surface area contributed by atoms with Crippen LogP contribution >= 0.6 is 24.8 Å². The minimum Gasteiger partial charge on any atom is -0.353 e. The van der Waals surface area contributed by atoms with E-state index in [0.29, 0.717) is 0 Å². The molecule has 0 unspecified atom stereocenters. The molecule has 2 N–H and O–H groups in total. The van der Waals surface area contributed by atoms with Crippen LogP contribution in [0.4, 0.5) is 0 Å². The smallest absolute Gasteiger partial charge is 0.0232 e. The van der Waals surface area contributed by atoms with Crippen molar-refractivity contribution >= 4 is 35.6 Å².